The topological polar surface area (TPSA) is 82.1 Å². The van der Waals surface area contributed by atoms with Crippen LogP contribution in [0.15, 0.2) is 12.7 Å². The second-order valence-corrected chi connectivity index (χ2v) is 2.30. The Morgan fingerprint density at radius 3 is 2.21 bits per heavy atom. The maximum atomic E-state index is 10.6. The van der Waals surface area contributed by atoms with Crippen LogP contribution in [0.5, 0.6) is 0 Å². The van der Waals surface area contributed by atoms with Crippen molar-refractivity contribution in [3.63, 3.8) is 0 Å². The van der Waals surface area contributed by atoms with E-state index in [1.807, 2.05) is 0 Å². The molecule has 6 heteroatoms. The van der Waals surface area contributed by atoms with E-state index < -0.39 is 24.7 Å². The van der Waals surface area contributed by atoms with Crippen LogP contribution >= 0.6 is 0 Å². The number of carbonyl (C=O) groups is 2. The molecule has 1 N–H and O–H groups in total. The molecule has 2 unspecified atom stereocenters. The van der Waals surface area contributed by atoms with E-state index in [1.165, 1.54) is 13.8 Å². The van der Waals surface area contributed by atoms with E-state index in [0.29, 0.717) is 0 Å². The molecule has 0 rings (SSSR count). The zero-order valence-electron chi connectivity index (χ0n) is 7.93. The Hall–Kier alpha value is -1.56. The first-order valence-corrected chi connectivity index (χ1v) is 3.83. The van der Waals surface area contributed by atoms with Gasteiger partial charge in [-0.1, -0.05) is 6.58 Å². The van der Waals surface area contributed by atoms with Crippen LogP contribution in [0, 0.1) is 0 Å². The van der Waals surface area contributed by atoms with E-state index in [0.717, 1.165) is 6.08 Å². The molecule has 0 heterocycles. The van der Waals surface area contributed by atoms with Crippen LogP contribution in [-0.4, -0.2) is 29.8 Å². The number of carboxylic acid groups (broad SMARTS) is 1. The first-order chi connectivity index (χ1) is 6.45. The van der Waals surface area contributed by atoms with Gasteiger partial charge in [0.25, 0.3) is 0 Å². The Bertz CT molecular complexity index is 224. The van der Waals surface area contributed by atoms with Gasteiger partial charge < -0.3 is 19.3 Å². The van der Waals surface area contributed by atoms with Crippen LogP contribution in [0.1, 0.15) is 13.8 Å². The first-order valence-electron chi connectivity index (χ1n) is 3.83. The lowest BCUT2D eigenvalue weighted by Gasteiger charge is -2.17. The Kier molecular flexibility index (Phi) is 5.31. The molecule has 0 saturated carbocycles. The Morgan fingerprint density at radius 2 is 1.79 bits per heavy atom. The van der Waals surface area contributed by atoms with E-state index in [-0.39, 0.29) is 0 Å². The molecule has 14 heavy (non-hydrogen) atoms. The van der Waals surface area contributed by atoms with Gasteiger partial charge in [-0.05, 0) is 13.8 Å². The maximum absolute atomic E-state index is 10.6. The van der Waals surface area contributed by atoms with Gasteiger partial charge in [0.1, 0.15) is 0 Å². The third-order valence-electron chi connectivity index (χ3n) is 1.10. The van der Waals surface area contributed by atoms with Crippen molar-refractivity contribution in [1.82, 2.24) is 0 Å². The first kappa shape index (κ1) is 12.4. The van der Waals surface area contributed by atoms with Crippen molar-refractivity contribution in [2.75, 3.05) is 0 Å². The number of hydrogen-bond acceptors (Lipinski definition) is 5. The summed E-state index contributed by atoms with van der Waals surface area (Å²) in [6.45, 7) is 5.99. The molecule has 0 bridgehead atoms. The smallest absolute Gasteiger partial charge is 0.450 e. The second-order valence-electron chi connectivity index (χ2n) is 2.30. The molecule has 0 saturated heterocycles. The third-order valence-corrected chi connectivity index (χ3v) is 1.10. The van der Waals surface area contributed by atoms with E-state index >= 15 is 0 Å². The SMILES string of the molecule is C=CC(=O)OC(C)OC(C)OC(=O)O. The molecule has 0 aromatic rings. The highest BCUT2D eigenvalue weighted by Crippen LogP contribution is 2.02. The molecule has 0 aromatic heterocycles. The van der Waals surface area contributed by atoms with Gasteiger partial charge in [-0.15, -0.1) is 0 Å². The maximum Gasteiger partial charge on any atom is 0.508 e. The molecular formula is C8H12O6. The summed E-state index contributed by atoms with van der Waals surface area (Å²) in [5.41, 5.74) is 0. The van der Waals surface area contributed by atoms with Gasteiger partial charge in [-0.3, -0.25) is 0 Å². The van der Waals surface area contributed by atoms with E-state index in [1.54, 1.807) is 0 Å². The largest absolute Gasteiger partial charge is 0.508 e. The Labute approximate surface area is 81.1 Å². The minimum Gasteiger partial charge on any atom is -0.450 e. The number of hydrogen-bond donors (Lipinski definition) is 1. The number of ether oxygens (including phenoxy) is 3. The molecule has 6 nitrogen and oxygen atoms in total. The molecule has 80 valence electrons. The van der Waals surface area contributed by atoms with Gasteiger partial charge in [-0.2, -0.15) is 0 Å². The Balaban J connectivity index is 3.81. The highest BCUT2D eigenvalue weighted by atomic mass is 16.8. The highest BCUT2D eigenvalue weighted by Gasteiger charge is 2.14. The predicted octanol–water partition coefficient (Wildman–Crippen LogP) is 1.12. The van der Waals surface area contributed by atoms with Crippen molar-refractivity contribution < 1.29 is 28.9 Å². The van der Waals surface area contributed by atoms with Gasteiger partial charge in [0, 0.05) is 6.08 Å². The van der Waals surface area contributed by atoms with Gasteiger partial charge in [0.05, 0.1) is 0 Å². The number of carbonyl (C=O) groups excluding carboxylic acids is 1. The lowest BCUT2D eigenvalue weighted by molar-refractivity contribution is -0.213. The molecule has 2 atom stereocenters. The summed E-state index contributed by atoms with van der Waals surface area (Å²) in [6, 6.07) is 0. The van der Waals surface area contributed by atoms with Crippen molar-refractivity contribution in [1.29, 1.82) is 0 Å². The fourth-order valence-corrected chi connectivity index (χ4v) is 0.679. The summed E-state index contributed by atoms with van der Waals surface area (Å²) >= 11 is 0. The average molecular weight is 204 g/mol. The van der Waals surface area contributed by atoms with Gasteiger partial charge in [-0.25, -0.2) is 9.59 Å². The van der Waals surface area contributed by atoms with Crippen LogP contribution in [0.25, 0.3) is 0 Å². The fraction of sp³-hybridized carbons (Fsp3) is 0.500. The molecule has 0 aliphatic heterocycles. The summed E-state index contributed by atoms with van der Waals surface area (Å²) in [6.07, 6.45) is -2.38. The fourth-order valence-electron chi connectivity index (χ4n) is 0.679. The standard InChI is InChI=1S/C8H12O6/c1-4-7(9)13-5(2)12-6(3)14-8(10)11/h4-6H,1H2,2-3H3,(H,10,11). The number of rotatable bonds is 5. The van der Waals surface area contributed by atoms with E-state index in [2.05, 4.69) is 16.1 Å². The summed E-state index contributed by atoms with van der Waals surface area (Å²) in [5.74, 6) is -0.653. The van der Waals surface area contributed by atoms with Crippen molar-refractivity contribution in [2.45, 2.75) is 26.4 Å². The molecule has 0 spiro atoms. The lowest BCUT2D eigenvalue weighted by atomic mass is 10.6. The lowest BCUT2D eigenvalue weighted by Crippen LogP contribution is -2.25. The van der Waals surface area contributed by atoms with Crippen molar-refractivity contribution in [2.24, 2.45) is 0 Å². The third kappa shape index (κ3) is 6.01. The van der Waals surface area contributed by atoms with Crippen LogP contribution in [0.4, 0.5) is 4.79 Å². The number of esters is 1. The van der Waals surface area contributed by atoms with E-state index in [9.17, 15) is 9.59 Å². The second kappa shape index (κ2) is 5.98. The van der Waals surface area contributed by atoms with Crippen LogP contribution in [-0.2, 0) is 19.0 Å². The normalized spacial score (nSPS) is 13.9. The monoisotopic (exact) mass is 204 g/mol. The zero-order valence-corrected chi connectivity index (χ0v) is 7.93. The van der Waals surface area contributed by atoms with Crippen LogP contribution < -0.4 is 0 Å². The van der Waals surface area contributed by atoms with Gasteiger partial charge in [0.15, 0.2) is 0 Å². The van der Waals surface area contributed by atoms with E-state index in [4.69, 9.17) is 9.84 Å². The molecule has 0 aliphatic rings. The average Bonchev–Trinajstić information content (AvgIpc) is 2.01. The molecule has 0 aliphatic carbocycles. The molecule has 0 amide bonds. The highest BCUT2D eigenvalue weighted by molar-refractivity contribution is 5.81. The zero-order chi connectivity index (χ0) is 11.1. The molecular weight excluding hydrogens is 192 g/mol. The Morgan fingerprint density at radius 1 is 1.29 bits per heavy atom. The summed E-state index contributed by atoms with van der Waals surface area (Å²) in [7, 11) is 0. The van der Waals surface area contributed by atoms with Crippen LogP contribution in [0.2, 0.25) is 0 Å². The molecule has 0 radical (unpaired) electrons. The minimum atomic E-state index is -1.46. The van der Waals surface area contributed by atoms with Gasteiger partial charge >= 0.3 is 12.1 Å². The summed E-state index contributed by atoms with van der Waals surface area (Å²) in [4.78, 5) is 20.7. The molecule has 0 aromatic carbocycles. The quantitative estimate of drug-likeness (QED) is 0.410. The molecule has 0 fully saturated rings. The minimum absolute atomic E-state index is 0.653. The van der Waals surface area contributed by atoms with Gasteiger partial charge in [0.2, 0.25) is 12.6 Å². The van der Waals surface area contributed by atoms with Crippen molar-refractivity contribution in [3.8, 4) is 0 Å². The summed E-state index contributed by atoms with van der Waals surface area (Å²) in [5, 5.41) is 8.20. The summed E-state index contributed by atoms with van der Waals surface area (Å²) < 4.78 is 13.7. The van der Waals surface area contributed by atoms with Crippen molar-refractivity contribution in [3.05, 3.63) is 12.7 Å². The predicted molar refractivity (Wildman–Crippen MR) is 45.4 cm³/mol. The van der Waals surface area contributed by atoms with Crippen LogP contribution in [0.3, 0.4) is 0 Å². The van der Waals surface area contributed by atoms with Crippen molar-refractivity contribution >= 4 is 12.1 Å².